The molecule has 1 heterocycles. The molecule has 0 unspecified atom stereocenters. The molecule has 78 valence electrons. The molecule has 15 heavy (non-hydrogen) atoms. The Bertz CT molecular complexity index is 480. The number of anilines is 3. The molecule has 7 heteroatoms. The maximum atomic E-state index is 5.87. The molecular formula is C8H9ClN6. The minimum Gasteiger partial charge on any atom is -0.396 e. The summed E-state index contributed by atoms with van der Waals surface area (Å²) >= 11 is 5.87. The fraction of sp³-hybridized carbons (Fsp3) is 0.125. The third-order valence-electron chi connectivity index (χ3n) is 1.92. The first-order valence-corrected chi connectivity index (χ1v) is 4.59. The van der Waals surface area contributed by atoms with Crippen LogP contribution in [-0.2, 0) is 7.05 Å². The third-order valence-corrected chi connectivity index (χ3v) is 2.25. The Morgan fingerprint density at radius 3 is 2.93 bits per heavy atom. The van der Waals surface area contributed by atoms with E-state index in [-0.39, 0.29) is 0 Å². The molecule has 0 fully saturated rings. The lowest BCUT2D eigenvalue weighted by Crippen LogP contribution is -2.02. The molecule has 0 aliphatic carbocycles. The van der Waals surface area contributed by atoms with Gasteiger partial charge < -0.3 is 11.1 Å². The van der Waals surface area contributed by atoms with E-state index in [1.165, 1.54) is 4.68 Å². The van der Waals surface area contributed by atoms with E-state index in [9.17, 15) is 0 Å². The van der Waals surface area contributed by atoms with Crippen molar-refractivity contribution in [3.63, 3.8) is 0 Å². The lowest BCUT2D eigenvalue weighted by Gasteiger charge is -2.07. The number of hydrogen-bond acceptors (Lipinski definition) is 5. The van der Waals surface area contributed by atoms with Gasteiger partial charge in [-0.15, -0.1) is 0 Å². The zero-order valence-corrected chi connectivity index (χ0v) is 8.73. The highest BCUT2D eigenvalue weighted by atomic mass is 35.5. The van der Waals surface area contributed by atoms with Crippen molar-refractivity contribution in [1.82, 2.24) is 20.2 Å². The van der Waals surface area contributed by atoms with E-state index in [1.54, 1.807) is 25.2 Å². The topological polar surface area (TPSA) is 81.7 Å². The van der Waals surface area contributed by atoms with Crippen LogP contribution in [0.4, 0.5) is 17.3 Å². The van der Waals surface area contributed by atoms with Gasteiger partial charge in [0.1, 0.15) is 0 Å². The molecular weight excluding hydrogens is 216 g/mol. The lowest BCUT2D eigenvalue weighted by atomic mass is 10.3. The first-order chi connectivity index (χ1) is 7.18. The number of nitrogens with one attached hydrogen (secondary N) is 1. The number of aromatic nitrogens is 4. The second kappa shape index (κ2) is 3.74. The van der Waals surface area contributed by atoms with Gasteiger partial charge in [0.15, 0.2) is 0 Å². The molecule has 0 saturated carbocycles. The highest BCUT2D eigenvalue weighted by Gasteiger charge is 2.06. The number of nitrogen functional groups attached to an aromatic ring is 1. The monoisotopic (exact) mass is 224 g/mol. The number of nitrogens with two attached hydrogens (primary N) is 1. The average molecular weight is 225 g/mol. The normalized spacial score (nSPS) is 10.3. The van der Waals surface area contributed by atoms with Crippen LogP contribution in [-0.4, -0.2) is 20.2 Å². The second-order valence-electron chi connectivity index (χ2n) is 2.95. The van der Waals surface area contributed by atoms with Gasteiger partial charge in [0, 0.05) is 7.05 Å². The fourth-order valence-electron chi connectivity index (χ4n) is 1.10. The molecule has 0 amide bonds. The average Bonchev–Trinajstić information content (AvgIpc) is 2.60. The largest absolute Gasteiger partial charge is 0.396 e. The molecule has 0 radical (unpaired) electrons. The Kier molecular flexibility index (Phi) is 2.42. The molecule has 2 aromatic rings. The summed E-state index contributed by atoms with van der Waals surface area (Å²) in [5.74, 6) is 0.504. The second-order valence-corrected chi connectivity index (χ2v) is 3.36. The van der Waals surface area contributed by atoms with Gasteiger partial charge in [-0.1, -0.05) is 22.8 Å². The van der Waals surface area contributed by atoms with Crippen LogP contribution in [0.15, 0.2) is 18.2 Å². The summed E-state index contributed by atoms with van der Waals surface area (Å²) in [6.45, 7) is 0. The van der Waals surface area contributed by atoms with Crippen LogP contribution in [0.1, 0.15) is 0 Å². The third kappa shape index (κ3) is 1.84. The Balaban J connectivity index is 2.33. The van der Waals surface area contributed by atoms with E-state index < -0.39 is 0 Å². The molecule has 0 aliphatic rings. The van der Waals surface area contributed by atoms with Crippen molar-refractivity contribution in [2.45, 2.75) is 0 Å². The van der Waals surface area contributed by atoms with Crippen LogP contribution in [0.3, 0.4) is 0 Å². The van der Waals surface area contributed by atoms with Gasteiger partial charge in [0.2, 0.25) is 5.95 Å². The molecule has 0 aliphatic heterocycles. The highest BCUT2D eigenvalue weighted by molar-refractivity contribution is 6.33. The fourth-order valence-corrected chi connectivity index (χ4v) is 1.28. The van der Waals surface area contributed by atoms with E-state index in [0.29, 0.717) is 22.3 Å². The van der Waals surface area contributed by atoms with Crippen molar-refractivity contribution < 1.29 is 0 Å². The Labute approximate surface area is 91.0 Å². The summed E-state index contributed by atoms with van der Waals surface area (Å²) in [5.41, 5.74) is 6.93. The summed E-state index contributed by atoms with van der Waals surface area (Å²) in [7, 11) is 1.73. The van der Waals surface area contributed by atoms with Crippen LogP contribution in [0.2, 0.25) is 5.02 Å². The number of tetrazole rings is 1. The van der Waals surface area contributed by atoms with Crippen molar-refractivity contribution >= 4 is 28.9 Å². The van der Waals surface area contributed by atoms with E-state index in [0.717, 1.165) is 0 Å². The molecule has 3 N–H and O–H groups in total. The van der Waals surface area contributed by atoms with Gasteiger partial charge >= 0.3 is 0 Å². The number of hydrogen-bond donors (Lipinski definition) is 2. The van der Waals surface area contributed by atoms with Gasteiger partial charge in [0.05, 0.1) is 16.4 Å². The predicted octanol–water partition coefficient (Wildman–Crippen LogP) is 1.19. The Morgan fingerprint density at radius 2 is 2.27 bits per heavy atom. The van der Waals surface area contributed by atoms with E-state index in [1.807, 2.05) is 0 Å². The SMILES string of the molecule is Cn1nnnc1Nc1cccc(Cl)c1N. The minimum atomic E-state index is 0.474. The summed E-state index contributed by atoms with van der Waals surface area (Å²) < 4.78 is 1.50. The Morgan fingerprint density at radius 1 is 1.47 bits per heavy atom. The minimum absolute atomic E-state index is 0.474. The van der Waals surface area contributed by atoms with Crippen LogP contribution < -0.4 is 11.1 Å². The van der Waals surface area contributed by atoms with Crippen molar-refractivity contribution in [1.29, 1.82) is 0 Å². The number of rotatable bonds is 2. The highest BCUT2D eigenvalue weighted by Crippen LogP contribution is 2.28. The number of benzene rings is 1. The molecule has 1 aromatic heterocycles. The molecule has 2 rings (SSSR count). The smallest absolute Gasteiger partial charge is 0.247 e. The maximum absolute atomic E-state index is 5.87. The van der Waals surface area contributed by atoms with Gasteiger partial charge in [-0.05, 0) is 22.6 Å². The van der Waals surface area contributed by atoms with Crippen LogP contribution in [0, 0.1) is 0 Å². The van der Waals surface area contributed by atoms with Gasteiger partial charge in [0.25, 0.3) is 0 Å². The van der Waals surface area contributed by atoms with Crippen LogP contribution in [0.25, 0.3) is 0 Å². The van der Waals surface area contributed by atoms with E-state index in [2.05, 4.69) is 20.8 Å². The Hall–Kier alpha value is -1.82. The van der Waals surface area contributed by atoms with Crippen molar-refractivity contribution in [3.05, 3.63) is 23.2 Å². The molecule has 0 saturated heterocycles. The molecule has 0 spiro atoms. The van der Waals surface area contributed by atoms with E-state index in [4.69, 9.17) is 17.3 Å². The molecule has 1 aromatic carbocycles. The van der Waals surface area contributed by atoms with Crippen molar-refractivity contribution in [3.8, 4) is 0 Å². The van der Waals surface area contributed by atoms with Gasteiger partial charge in [-0.3, -0.25) is 0 Å². The summed E-state index contributed by atoms with van der Waals surface area (Å²) in [4.78, 5) is 0. The zero-order valence-electron chi connectivity index (χ0n) is 7.98. The molecule has 0 atom stereocenters. The first-order valence-electron chi connectivity index (χ1n) is 4.22. The number of nitrogens with zero attached hydrogens (tertiary/aromatic N) is 4. The summed E-state index contributed by atoms with van der Waals surface area (Å²) in [6, 6.07) is 5.32. The van der Waals surface area contributed by atoms with Crippen LogP contribution >= 0.6 is 11.6 Å². The predicted molar refractivity (Wildman–Crippen MR) is 57.9 cm³/mol. The lowest BCUT2D eigenvalue weighted by molar-refractivity contribution is 0.715. The molecule has 6 nitrogen and oxygen atoms in total. The maximum Gasteiger partial charge on any atom is 0.247 e. The number of aryl methyl sites for hydroxylation is 1. The summed E-state index contributed by atoms with van der Waals surface area (Å²) in [6.07, 6.45) is 0. The van der Waals surface area contributed by atoms with Crippen molar-refractivity contribution in [2.75, 3.05) is 11.1 Å². The zero-order chi connectivity index (χ0) is 10.8. The quantitative estimate of drug-likeness (QED) is 0.749. The van der Waals surface area contributed by atoms with E-state index >= 15 is 0 Å². The first kappa shape index (κ1) is 9.72. The summed E-state index contributed by atoms with van der Waals surface area (Å²) in [5, 5.41) is 14.4. The number of halogens is 1. The van der Waals surface area contributed by atoms with Gasteiger partial charge in [-0.2, -0.15) is 0 Å². The van der Waals surface area contributed by atoms with Gasteiger partial charge in [-0.25, -0.2) is 4.68 Å². The number of para-hydroxylation sites is 1. The van der Waals surface area contributed by atoms with Crippen molar-refractivity contribution in [2.24, 2.45) is 7.05 Å². The van der Waals surface area contributed by atoms with Crippen LogP contribution in [0.5, 0.6) is 0 Å². The standard InChI is InChI=1S/C8H9ClN6/c1-15-8(12-13-14-15)11-6-4-2-3-5(9)7(6)10/h2-4H,10H2,1H3,(H,11,12,14). The molecule has 0 bridgehead atoms.